The van der Waals surface area contributed by atoms with Crippen molar-refractivity contribution >= 4 is 23.1 Å². The summed E-state index contributed by atoms with van der Waals surface area (Å²) in [7, 11) is 0. The van der Waals surface area contributed by atoms with Crippen LogP contribution >= 0.6 is 0 Å². The summed E-state index contributed by atoms with van der Waals surface area (Å²) in [4.78, 5) is 28.2. The molecule has 0 spiro atoms. The Morgan fingerprint density at radius 2 is 1.49 bits per heavy atom. The Kier molecular flexibility index (Phi) is 7.82. The molecule has 4 rings (SSSR count). The molecule has 37 heavy (non-hydrogen) atoms. The lowest BCUT2D eigenvalue weighted by atomic mass is 9.95. The largest absolute Gasteiger partial charge is 0.507 e. The highest BCUT2D eigenvalue weighted by atomic mass is 16.5. The van der Waals surface area contributed by atoms with E-state index in [4.69, 9.17) is 14.2 Å². The zero-order valence-electron chi connectivity index (χ0n) is 21.4. The lowest BCUT2D eigenvalue weighted by Crippen LogP contribution is -2.29. The highest BCUT2D eigenvalue weighted by Gasteiger charge is 2.47. The molecule has 1 amide bonds. The van der Waals surface area contributed by atoms with E-state index in [2.05, 4.69) is 0 Å². The number of carbonyl (C=O) groups excluding carboxylic acids is 2. The summed E-state index contributed by atoms with van der Waals surface area (Å²) in [6.45, 7) is 8.59. The van der Waals surface area contributed by atoms with Crippen LogP contribution in [-0.2, 0) is 9.59 Å². The van der Waals surface area contributed by atoms with Gasteiger partial charge in [0.15, 0.2) is 0 Å². The molecule has 7 nitrogen and oxygen atoms in total. The number of benzene rings is 3. The molecule has 7 heteroatoms. The predicted octanol–water partition coefficient (Wildman–Crippen LogP) is 5.90. The first-order valence-corrected chi connectivity index (χ1v) is 12.4. The Hall–Kier alpha value is -4.26. The third kappa shape index (κ3) is 5.45. The van der Waals surface area contributed by atoms with Crippen LogP contribution in [0.2, 0.25) is 0 Å². The molecule has 3 aromatic rings. The molecule has 1 aliphatic heterocycles. The van der Waals surface area contributed by atoms with Crippen LogP contribution in [0.1, 0.15) is 44.9 Å². The number of Topliss-reactive ketones (excluding diaryl/α,β-unsaturated/α-hetero) is 1. The molecular weight excluding hydrogens is 470 g/mol. The second-order valence-electron chi connectivity index (χ2n) is 8.79. The number of ether oxygens (including phenoxy) is 3. The summed E-state index contributed by atoms with van der Waals surface area (Å²) in [5.74, 6) is 0.128. The summed E-state index contributed by atoms with van der Waals surface area (Å²) in [6.07, 6.45) is -0.00189. The highest BCUT2D eigenvalue weighted by molar-refractivity contribution is 6.51. The minimum absolute atomic E-state index is 0.00189. The van der Waals surface area contributed by atoms with E-state index >= 15 is 0 Å². The molecule has 1 aliphatic rings. The Bertz CT molecular complexity index is 1290. The van der Waals surface area contributed by atoms with Crippen LogP contribution in [0.15, 0.2) is 78.4 Å². The topological polar surface area (TPSA) is 85.3 Å². The summed E-state index contributed by atoms with van der Waals surface area (Å²) >= 11 is 0. The number of aliphatic hydroxyl groups excluding tert-OH is 1. The number of amides is 1. The van der Waals surface area contributed by atoms with Crippen LogP contribution in [0.4, 0.5) is 5.69 Å². The highest BCUT2D eigenvalue weighted by Crippen LogP contribution is 2.43. The molecule has 192 valence electrons. The van der Waals surface area contributed by atoms with Crippen molar-refractivity contribution in [1.82, 2.24) is 0 Å². The van der Waals surface area contributed by atoms with Crippen molar-refractivity contribution in [3.8, 4) is 17.2 Å². The fourth-order valence-electron chi connectivity index (χ4n) is 4.34. The van der Waals surface area contributed by atoms with Gasteiger partial charge in [-0.3, -0.25) is 14.5 Å². The molecule has 0 bridgehead atoms. The Morgan fingerprint density at radius 3 is 2.11 bits per heavy atom. The number of ketones is 1. The van der Waals surface area contributed by atoms with E-state index in [0.717, 1.165) is 0 Å². The zero-order valence-corrected chi connectivity index (χ0v) is 21.4. The van der Waals surface area contributed by atoms with Gasteiger partial charge in [0.2, 0.25) is 0 Å². The monoisotopic (exact) mass is 501 g/mol. The van der Waals surface area contributed by atoms with Gasteiger partial charge in [-0.1, -0.05) is 24.3 Å². The number of carbonyl (C=O) groups is 2. The molecule has 1 saturated heterocycles. The zero-order chi connectivity index (χ0) is 26.5. The van der Waals surface area contributed by atoms with Crippen LogP contribution < -0.4 is 19.1 Å². The maximum atomic E-state index is 13.4. The van der Waals surface area contributed by atoms with Crippen LogP contribution in [-0.4, -0.2) is 36.1 Å². The number of hydrogen-bond acceptors (Lipinski definition) is 6. The summed E-state index contributed by atoms with van der Waals surface area (Å²) in [6, 6.07) is 20.1. The maximum absolute atomic E-state index is 13.4. The van der Waals surface area contributed by atoms with Crippen molar-refractivity contribution < 1.29 is 28.9 Å². The van der Waals surface area contributed by atoms with Gasteiger partial charge in [0, 0.05) is 11.3 Å². The van der Waals surface area contributed by atoms with Gasteiger partial charge in [0.1, 0.15) is 23.0 Å². The van der Waals surface area contributed by atoms with E-state index in [1.165, 1.54) is 4.90 Å². The SMILES string of the molecule is CCOc1ccc(N2C(=O)C(=O)/C(=C(\O)c3cccc(OCC)c3)C2c2ccc(OC(C)C)cc2)cc1. The first-order valence-electron chi connectivity index (χ1n) is 12.4. The van der Waals surface area contributed by atoms with Crippen LogP contribution in [0.25, 0.3) is 5.76 Å². The lowest BCUT2D eigenvalue weighted by molar-refractivity contribution is -0.132. The second-order valence-corrected chi connectivity index (χ2v) is 8.79. The van der Waals surface area contributed by atoms with E-state index in [-0.39, 0.29) is 17.4 Å². The van der Waals surface area contributed by atoms with E-state index < -0.39 is 17.7 Å². The number of hydrogen-bond donors (Lipinski definition) is 1. The molecule has 0 saturated carbocycles. The number of anilines is 1. The van der Waals surface area contributed by atoms with Crippen molar-refractivity contribution in [3.63, 3.8) is 0 Å². The van der Waals surface area contributed by atoms with Gasteiger partial charge in [0.25, 0.3) is 11.7 Å². The van der Waals surface area contributed by atoms with Crippen molar-refractivity contribution in [2.75, 3.05) is 18.1 Å². The molecule has 0 aliphatic carbocycles. The molecule has 0 aromatic heterocycles. The lowest BCUT2D eigenvalue weighted by Gasteiger charge is -2.26. The van der Waals surface area contributed by atoms with E-state index in [9.17, 15) is 14.7 Å². The van der Waals surface area contributed by atoms with Crippen molar-refractivity contribution in [3.05, 3.63) is 89.5 Å². The summed E-state index contributed by atoms with van der Waals surface area (Å²) in [5.41, 5.74) is 1.57. The van der Waals surface area contributed by atoms with Crippen LogP contribution in [0.3, 0.4) is 0 Å². The maximum Gasteiger partial charge on any atom is 0.300 e. The van der Waals surface area contributed by atoms with Crippen molar-refractivity contribution in [2.45, 2.75) is 39.8 Å². The molecule has 1 fully saturated rings. The van der Waals surface area contributed by atoms with Gasteiger partial charge in [-0.2, -0.15) is 0 Å². The average molecular weight is 502 g/mol. The number of aliphatic hydroxyl groups is 1. The smallest absolute Gasteiger partial charge is 0.300 e. The number of rotatable bonds is 9. The van der Waals surface area contributed by atoms with Gasteiger partial charge in [0.05, 0.1) is 30.9 Å². The Morgan fingerprint density at radius 1 is 0.865 bits per heavy atom. The van der Waals surface area contributed by atoms with Crippen LogP contribution in [0.5, 0.6) is 17.2 Å². The quantitative estimate of drug-likeness (QED) is 0.223. The summed E-state index contributed by atoms with van der Waals surface area (Å²) < 4.78 is 16.9. The van der Waals surface area contributed by atoms with Gasteiger partial charge < -0.3 is 19.3 Å². The van der Waals surface area contributed by atoms with Gasteiger partial charge >= 0.3 is 0 Å². The average Bonchev–Trinajstić information content (AvgIpc) is 3.15. The Labute approximate surface area is 216 Å². The summed E-state index contributed by atoms with van der Waals surface area (Å²) in [5, 5.41) is 11.4. The van der Waals surface area contributed by atoms with E-state index in [1.807, 2.05) is 27.7 Å². The normalized spacial score (nSPS) is 16.8. The Balaban J connectivity index is 1.85. The molecule has 3 aromatic carbocycles. The molecule has 1 atom stereocenters. The number of nitrogens with zero attached hydrogens (tertiary/aromatic N) is 1. The van der Waals surface area contributed by atoms with E-state index in [1.54, 1.807) is 72.8 Å². The third-order valence-corrected chi connectivity index (χ3v) is 5.86. The molecule has 1 heterocycles. The van der Waals surface area contributed by atoms with Gasteiger partial charge in [-0.05, 0) is 81.8 Å². The minimum atomic E-state index is -0.846. The molecule has 0 radical (unpaired) electrons. The standard InChI is InChI=1S/C30H31NO6/c1-5-35-23-16-12-22(13-17-23)31-27(20-10-14-24(15-11-20)37-19(3)4)26(29(33)30(31)34)28(32)21-8-7-9-25(18-21)36-6-2/h7-19,27,32H,5-6H2,1-4H3/b28-26-. The predicted molar refractivity (Wildman–Crippen MR) is 142 cm³/mol. The molecular formula is C30H31NO6. The van der Waals surface area contributed by atoms with Gasteiger partial charge in [-0.25, -0.2) is 0 Å². The van der Waals surface area contributed by atoms with Crippen molar-refractivity contribution in [2.24, 2.45) is 0 Å². The van der Waals surface area contributed by atoms with Crippen LogP contribution in [0, 0.1) is 0 Å². The van der Waals surface area contributed by atoms with E-state index in [0.29, 0.717) is 47.3 Å². The molecule has 1 unspecified atom stereocenters. The van der Waals surface area contributed by atoms with Gasteiger partial charge in [-0.15, -0.1) is 0 Å². The minimum Gasteiger partial charge on any atom is -0.507 e. The molecule has 1 N–H and O–H groups in total. The fraction of sp³-hybridized carbons (Fsp3) is 0.267. The fourth-order valence-corrected chi connectivity index (χ4v) is 4.34. The first-order chi connectivity index (χ1) is 17.8. The first kappa shape index (κ1) is 25.8. The third-order valence-electron chi connectivity index (χ3n) is 5.86. The second kappa shape index (κ2) is 11.2. The van der Waals surface area contributed by atoms with Crippen molar-refractivity contribution in [1.29, 1.82) is 0 Å².